The second kappa shape index (κ2) is 9.20. The van der Waals surface area contributed by atoms with Crippen molar-refractivity contribution in [3.05, 3.63) is 33.6 Å². The Bertz CT molecular complexity index is 589. The van der Waals surface area contributed by atoms with Crippen LogP contribution in [0.1, 0.15) is 24.9 Å². The van der Waals surface area contributed by atoms with Gasteiger partial charge in [-0.3, -0.25) is 4.79 Å². The number of carbonyl (C=O) groups excluding carboxylic acids is 2. The molecular weight excluding hydrogens is 364 g/mol. The van der Waals surface area contributed by atoms with Gasteiger partial charge in [0.2, 0.25) is 5.91 Å². The molecule has 0 aliphatic heterocycles. The van der Waals surface area contributed by atoms with E-state index < -0.39 is 29.8 Å². The number of nitrogens with one attached hydrogen (secondary N) is 2. The van der Waals surface area contributed by atoms with E-state index in [1.54, 1.807) is 6.92 Å². The minimum absolute atomic E-state index is 0.0921. The molecule has 0 aliphatic carbocycles. The molecule has 3 amide bonds. The maximum Gasteiger partial charge on any atom is 0.312 e. The summed E-state index contributed by atoms with van der Waals surface area (Å²) >= 11 is 13.2. The number of rotatable bonds is 7. The normalized spacial score (nSPS) is 13.3. The quantitative estimate of drug-likeness (QED) is 0.634. The molecule has 9 heteroatoms. The van der Waals surface area contributed by atoms with Crippen molar-refractivity contribution in [3.63, 3.8) is 0 Å². The summed E-state index contributed by atoms with van der Waals surface area (Å²) in [5.74, 6) is -0.374. The molecule has 0 radical (unpaired) electrons. The van der Waals surface area contributed by atoms with Crippen molar-refractivity contribution < 1.29 is 14.0 Å². The minimum atomic E-state index is -0.783. The Labute approximate surface area is 148 Å². The topological polar surface area (TPSA) is 84.2 Å². The lowest BCUT2D eigenvalue weighted by Gasteiger charge is -2.21. The van der Waals surface area contributed by atoms with Gasteiger partial charge in [-0.2, -0.15) is 11.8 Å². The molecule has 0 heterocycles. The van der Waals surface area contributed by atoms with Gasteiger partial charge in [0.1, 0.15) is 11.9 Å². The number of hydrogen-bond acceptors (Lipinski definition) is 3. The molecule has 1 aromatic rings. The number of thioether (sulfide) groups is 1. The average molecular weight is 382 g/mol. The third-order valence-electron chi connectivity index (χ3n) is 3.11. The van der Waals surface area contributed by atoms with Gasteiger partial charge in [-0.25, -0.2) is 9.18 Å². The Morgan fingerprint density at radius 1 is 1.30 bits per heavy atom. The van der Waals surface area contributed by atoms with E-state index in [-0.39, 0.29) is 10.0 Å². The second-order valence-corrected chi connectivity index (χ2v) is 6.66. The first kappa shape index (κ1) is 19.9. The van der Waals surface area contributed by atoms with E-state index >= 15 is 0 Å². The Morgan fingerprint density at radius 2 is 1.96 bits per heavy atom. The number of primary amides is 1. The highest BCUT2D eigenvalue weighted by Gasteiger charge is 2.22. The van der Waals surface area contributed by atoms with E-state index in [1.165, 1.54) is 23.9 Å². The fraction of sp³-hybridized carbons (Fsp3) is 0.429. The van der Waals surface area contributed by atoms with Gasteiger partial charge in [-0.05, 0) is 43.0 Å². The Hall–Kier alpha value is -1.18. The second-order valence-electron chi connectivity index (χ2n) is 4.86. The third-order valence-corrected chi connectivity index (χ3v) is 4.37. The predicted molar refractivity (Wildman–Crippen MR) is 92.5 cm³/mol. The van der Waals surface area contributed by atoms with Crippen molar-refractivity contribution in [2.75, 3.05) is 12.0 Å². The van der Waals surface area contributed by atoms with Crippen LogP contribution < -0.4 is 16.4 Å². The predicted octanol–water partition coefficient (Wildman–Crippen LogP) is 3.10. The van der Waals surface area contributed by atoms with Crippen LogP contribution in [0.3, 0.4) is 0 Å². The third kappa shape index (κ3) is 6.08. The number of halogens is 3. The molecule has 0 aliphatic rings. The van der Waals surface area contributed by atoms with E-state index in [9.17, 15) is 14.0 Å². The number of hydrogen-bond donors (Lipinski definition) is 3. The minimum Gasteiger partial charge on any atom is -0.352 e. The monoisotopic (exact) mass is 381 g/mol. The first-order valence-electron chi connectivity index (χ1n) is 6.76. The zero-order valence-corrected chi connectivity index (χ0v) is 15.0. The summed E-state index contributed by atoms with van der Waals surface area (Å²) in [7, 11) is 0. The van der Waals surface area contributed by atoms with Crippen LogP contribution in [0.15, 0.2) is 12.1 Å². The summed E-state index contributed by atoms with van der Waals surface area (Å²) in [4.78, 5) is 23.3. The molecule has 5 nitrogen and oxygen atoms in total. The average Bonchev–Trinajstić information content (AvgIpc) is 2.46. The van der Waals surface area contributed by atoms with Crippen molar-refractivity contribution in [1.29, 1.82) is 0 Å². The van der Waals surface area contributed by atoms with Gasteiger partial charge in [0.05, 0.1) is 11.1 Å². The fourth-order valence-corrected chi connectivity index (χ4v) is 2.96. The smallest absolute Gasteiger partial charge is 0.312 e. The lowest BCUT2D eigenvalue weighted by molar-refractivity contribution is -0.123. The van der Waals surface area contributed by atoms with Crippen molar-refractivity contribution in [2.24, 2.45) is 5.73 Å². The van der Waals surface area contributed by atoms with Crippen LogP contribution in [-0.2, 0) is 4.79 Å². The van der Waals surface area contributed by atoms with Gasteiger partial charge in [0, 0.05) is 5.02 Å². The molecule has 2 atom stereocenters. The highest BCUT2D eigenvalue weighted by molar-refractivity contribution is 7.98. The molecule has 128 valence electrons. The molecule has 23 heavy (non-hydrogen) atoms. The maximum absolute atomic E-state index is 13.6. The van der Waals surface area contributed by atoms with Gasteiger partial charge in [0.25, 0.3) is 0 Å². The summed E-state index contributed by atoms with van der Waals surface area (Å²) in [6.07, 6.45) is 2.31. The van der Waals surface area contributed by atoms with Crippen LogP contribution in [0, 0.1) is 5.82 Å². The van der Waals surface area contributed by atoms with Crippen LogP contribution in [0.2, 0.25) is 10.0 Å². The molecule has 4 N–H and O–H groups in total. The van der Waals surface area contributed by atoms with E-state index in [4.69, 9.17) is 28.9 Å². The zero-order chi connectivity index (χ0) is 17.6. The molecular formula is C14H18Cl2FN3O2S. The van der Waals surface area contributed by atoms with Crippen molar-refractivity contribution in [1.82, 2.24) is 10.6 Å². The highest BCUT2D eigenvalue weighted by Crippen LogP contribution is 2.28. The summed E-state index contributed by atoms with van der Waals surface area (Å²) in [6, 6.07) is 0.346. The Kier molecular flexibility index (Phi) is 7.94. The molecule has 1 aromatic carbocycles. The number of benzene rings is 1. The summed E-state index contributed by atoms with van der Waals surface area (Å²) in [5, 5.41) is 5.23. The summed E-state index contributed by atoms with van der Waals surface area (Å²) in [6.45, 7) is 1.66. The number of nitrogens with two attached hydrogens (primary N) is 1. The number of carbonyl (C=O) groups is 2. The fourth-order valence-electron chi connectivity index (χ4n) is 1.94. The van der Waals surface area contributed by atoms with Gasteiger partial charge >= 0.3 is 6.03 Å². The van der Waals surface area contributed by atoms with Crippen molar-refractivity contribution >= 4 is 46.9 Å². The molecule has 0 spiro atoms. The molecule has 0 saturated heterocycles. The summed E-state index contributed by atoms with van der Waals surface area (Å²) < 4.78 is 13.6. The zero-order valence-electron chi connectivity index (χ0n) is 12.7. The number of urea groups is 1. The van der Waals surface area contributed by atoms with E-state index in [2.05, 4.69) is 10.6 Å². The maximum atomic E-state index is 13.6. The lowest BCUT2D eigenvalue weighted by Crippen LogP contribution is -2.49. The van der Waals surface area contributed by atoms with Crippen LogP contribution in [0.4, 0.5) is 9.18 Å². The van der Waals surface area contributed by atoms with Crippen LogP contribution in [-0.4, -0.2) is 30.0 Å². The molecule has 0 saturated carbocycles. The van der Waals surface area contributed by atoms with Gasteiger partial charge in [-0.1, -0.05) is 23.2 Å². The molecule has 0 fully saturated rings. The van der Waals surface area contributed by atoms with E-state index in [1.807, 2.05) is 6.26 Å². The van der Waals surface area contributed by atoms with Gasteiger partial charge in [-0.15, -0.1) is 0 Å². The van der Waals surface area contributed by atoms with E-state index in [0.717, 1.165) is 0 Å². The van der Waals surface area contributed by atoms with Gasteiger partial charge < -0.3 is 16.4 Å². The molecule has 2 unspecified atom stereocenters. The highest BCUT2D eigenvalue weighted by atomic mass is 35.5. The van der Waals surface area contributed by atoms with Crippen LogP contribution in [0.25, 0.3) is 0 Å². The van der Waals surface area contributed by atoms with Crippen molar-refractivity contribution in [3.8, 4) is 0 Å². The van der Waals surface area contributed by atoms with E-state index in [0.29, 0.717) is 17.7 Å². The van der Waals surface area contributed by atoms with Crippen LogP contribution >= 0.6 is 35.0 Å². The molecule has 1 rings (SSSR count). The largest absolute Gasteiger partial charge is 0.352 e. The lowest BCUT2D eigenvalue weighted by atomic mass is 10.1. The molecule has 0 aromatic heterocycles. The first-order chi connectivity index (χ1) is 10.8. The Morgan fingerprint density at radius 3 is 2.52 bits per heavy atom. The Balaban J connectivity index is 2.84. The SMILES string of the molecule is CSCCC(NC(N)=O)C(=O)NC(C)c1cc(F)c(Cl)cc1Cl. The summed E-state index contributed by atoms with van der Waals surface area (Å²) in [5.41, 5.74) is 5.48. The standard InChI is InChI=1S/C14H18Cl2FN3O2S/c1-7(8-5-11(17)10(16)6-9(8)15)19-13(21)12(3-4-23-2)20-14(18)22/h5-7,12H,3-4H2,1-2H3,(H,19,21)(H3,18,20,22). The first-order valence-corrected chi connectivity index (χ1v) is 8.91. The van der Waals surface area contributed by atoms with Crippen molar-refractivity contribution in [2.45, 2.75) is 25.4 Å². The van der Waals surface area contributed by atoms with Gasteiger partial charge in [0.15, 0.2) is 0 Å². The van der Waals surface area contributed by atoms with Crippen LogP contribution in [0.5, 0.6) is 0 Å². The number of amides is 3. The molecule has 0 bridgehead atoms.